The van der Waals surface area contributed by atoms with Crippen LogP contribution in [0.25, 0.3) is 0 Å². The molecule has 2 aromatic carbocycles. The summed E-state index contributed by atoms with van der Waals surface area (Å²) in [6.45, 7) is 0.175. The molecule has 0 aromatic heterocycles. The zero-order valence-electron chi connectivity index (χ0n) is 18.9. The molecule has 0 atom stereocenters. The molecule has 3 N–H and O–H groups in total. The van der Waals surface area contributed by atoms with E-state index < -0.39 is 0 Å². The number of methoxy groups -OCH3 is 2. The van der Waals surface area contributed by atoms with Gasteiger partial charge in [-0.3, -0.25) is 4.79 Å². The lowest BCUT2D eigenvalue weighted by Crippen LogP contribution is -2.54. The molecule has 1 amide bonds. The predicted octanol–water partition coefficient (Wildman–Crippen LogP) is 5.14. The number of carbonyl (C=O) groups is 1. The van der Waals surface area contributed by atoms with Crippen LogP contribution in [0.5, 0.6) is 11.5 Å². The molecule has 4 aliphatic carbocycles. The molecule has 32 heavy (non-hydrogen) atoms. The third-order valence-corrected chi connectivity index (χ3v) is 7.49. The maximum atomic E-state index is 12.6. The van der Waals surface area contributed by atoms with Gasteiger partial charge >= 0.3 is 0 Å². The maximum Gasteiger partial charge on any atom is 0.243 e. The average molecular weight is 436 g/mol. The van der Waals surface area contributed by atoms with Gasteiger partial charge in [0, 0.05) is 11.6 Å². The van der Waals surface area contributed by atoms with Crippen molar-refractivity contribution in [1.29, 1.82) is 0 Å². The zero-order chi connectivity index (χ0) is 22.1. The second-order valence-electron chi connectivity index (χ2n) is 9.84. The zero-order valence-corrected chi connectivity index (χ0v) is 18.9. The Morgan fingerprint density at radius 2 is 1.56 bits per heavy atom. The van der Waals surface area contributed by atoms with Crippen molar-refractivity contribution < 1.29 is 14.3 Å². The molecule has 0 spiro atoms. The topological polar surface area (TPSA) is 71.6 Å². The van der Waals surface area contributed by atoms with Crippen LogP contribution >= 0.6 is 0 Å². The van der Waals surface area contributed by atoms with Crippen LogP contribution < -0.4 is 25.4 Å². The molecule has 4 fully saturated rings. The van der Waals surface area contributed by atoms with Crippen LogP contribution in [0.1, 0.15) is 38.5 Å². The molecular formula is C26H33N3O3. The van der Waals surface area contributed by atoms with E-state index in [-0.39, 0.29) is 18.0 Å². The van der Waals surface area contributed by atoms with Gasteiger partial charge in [0.2, 0.25) is 5.91 Å². The van der Waals surface area contributed by atoms with E-state index in [9.17, 15) is 4.79 Å². The minimum atomic E-state index is -0.127. The molecule has 4 saturated carbocycles. The molecule has 170 valence electrons. The fraction of sp³-hybridized carbons (Fsp3) is 0.500. The van der Waals surface area contributed by atoms with Crippen LogP contribution in [0.15, 0.2) is 42.5 Å². The summed E-state index contributed by atoms with van der Waals surface area (Å²) < 4.78 is 10.6. The summed E-state index contributed by atoms with van der Waals surface area (Å²) in [6, 6.07) is 13.6. The highest BCUT2D eigenvalue weighted by atomic mass is 16.5. The number of hydrogen-bond donors (Lipinski definition) is 3. The normalized spacial score (nSPS) is 27.6. The number of carbonyl (C=O) groups excluding carboxylic acids is 1. The minimum Gasteiger partial charge on any atom is -0.497 e. The second kappa shape index (κ2) is 8.57. The summed E-state index contributed by atoms with van der Waals surface area (Å²) in [6.07, 6.45) is 8.13. The van der Waals surface area contributed by atoms with Gasteiger partial charge in [0.05, 0.1) is 37.8 Å². The number of rotatable bonds is 8. The van der Waals surface area contributed by atoms with E-state index in [1.165, 1.54) is 38.5 Å². The first-order valence-corrected chi connectivity index (χ1v) is 11.7. The van der Waals surface area contributed by atoms with Crippen LogP contribution in [0.4, 0.5) is 17.1 Å². The lowest BCUT2D eigenvalue weighted by Gasteiger charge is -2.57. The molecule has 0 radical (unpaired) electrons. The molecular weight excluding hydrogens is 402 g/mol. The first kappa shape index (κ1) is 21.0. The van der Waals surface area contributed by atoms with E-state index in [1.54, 1.807) is 32.4 Å². The van der Waals surface area contributed by atoms with Gasteiger partial charge in [0.15, 0.2) is 0 Å². The first-order chi connectivity index (χ1) is 15.6. The van der Waals surface area contributed by atoms with Crippen LogP contribution in [0, 0.1) is 17.8 Å². The van der Waals surface area contributed by atoms with Crippen molar-refractivity contribution in [2.45, 2.75) is 44.1 Å². The van der Waals surface area contributed by atoms with E-state index in [1.807, 2.05) is 12.1 Å². The molecule has 0 saturated heterocycles. The van der Waals surface area contributed by atoms with Crippen molar-refractivity contribution >= 4 is 23.0 Å². The summed E-state index contributed by atoms with van der Waals surface area (Å²) in [5.41, 5.74) is 2.93. The number of nitrogens with one attached hydrogen (secondary N) is 3. The van der Waals surface area contributed by atoms with Crippen LogP contribution in [0.3, 0.4) is 0 Å². The van der Waals surface area contributed by atoms with Gasteiger partial charge in [-0.05, 0) is 80.5 Å². The van der Waals surface area contributed by atoms with Gasteiger partial charge < -0.3 is 25.4 Å². The number of hydrogen-bond acceptors (Lipinski definition) is 5. The molecule has 0 aliphatic heterocycles. The number of anilines is 3. The Kier molecular flexibility index (Phi) is 5.62. The fourth-order valence-electron chi connectivity index (χ4n) is 6.57. The third-order valence-electron chi connectivity index (χ3n) is 7.49. The molecule has 6 nitrogen and oxygen atoms in total. The van der Waals surface area contributed by atoms with Gasteiger partial charge in [-0.25, -0.2) is 0 Å². The number of amides is 1. The number of benzene rings is 2. The monoisotopic (exact) mass is 435 g/mol. The van der Waals surface area contributed by atoms with Gasteiger partial charge in [0.1, 0.15) is 11.5 Å². The SMILES string of the molecule is COc1ccc(NC(=O)CNc2ccccc2NC23CC4CC(CC(C4)C2)C3)c(OC)c1. The Morgan fingerprint density at radius 3 is 2.19 bits per heavy atom. The quantitative estimate of drug-likeness (QED) is 0.536. The van der Waals surface area contributed by atoms with Crippen molar-refractivity contribution in [3.8, 4) is 11.5 Å². The standard InChI is InChI=1S/C26H33N3O3/c1-31-20-7-8-23(24(12-20)32-2)28-25(30)16-27-21-5-3-4-6-22(21)29-26-13-17-9-18(14-26)11-19(10-17)15-26/h3-8,12,17-19,27,29H,9-11,13-16H2,1-2H3,(H,28,30). The summed E-state index contributed by atoms with van der Waals surface area (Å²) in [5, 5.41) is 10.2. The largest absolute Gasteiger partial charge is 0.497 e. The summed E-state index contributed by atoms with van der Waals surface area (Å²) >= 11 is 0. The Hall–Kier alpha value is -2.89. The maximum absolute atomic E-state index is 12.6. The predicted molar refractivity (Wildman–Crippen MR) is 128 cm³/mol. The van der Waals surface area contributed by atoms with Crippen LogP contribution in [-0.4, -0.2) is 32.2 Å². The van der Waals surface area contributed by atoms with Gasteiger partial charge in [-0.1, -0.05) is 12.1 Å². The van der Waals surface area contributed by atoms with Gasteiger partial charge in [-0.15, -0.1) is 0 Å². The summed E-state index contributed by atoms with van der Waals surface area (Å²) in [5.74, 6) is 3.79. The highest BCUT2D eigenvalue weighted by Gasteiger charge is 2.51. The Bertz CT molecular complexity index is 955. The summed E-state index contributed by atoms with van der Waals surface area (Å²) in [7, 11) is 3.18. The minimum absolute atomic E-state index is 0.127. The second-order valence-corrected chi connectivity index (χ2v) is 9.84. The molecule has 6 heteroatoms. The van der Waals surface area contributed by atoms with Crippen molar-refractivity contribution in [3.05, 3.63) is 42.5 Å². The molecule has 2 aromatic rings. The Balaban J connectivity index is 1.24. The van der Waals surface area contributed by atoms with E-state index in [4.69, 9.17) is 9.47 Å². The molecule has 6 rings (SSSR count). The summed E-state index contributed by atoms with van der Waals surface area (Å²) in [4.78, 5) is 12.6. The smallest absolute Gasteiger partial charge is 0.243 e. The number of para-hydroxylation sites is 2. The van der Waals surface area contributed by atoms with Crippen LogP contribution in [0.2, 0.25) is 0 Å². The third kappa shape index (κ3) is 4.23. The molecule has 0 heterocycles. The van der Waals surface area contributed by atoms with E-state index >= 15 is 0 Å². The Morgan fingerprint density at radius 1 is 0.906 bits per heavy atom. The van der Waals surface area contributed by atoms with Crippen molar-refractivity contribution in [2.75, 3.05) is 36.7 Å². The number of ether oxygens (including phenoxy) is 2. The van der Waals surface area contributed by atoms with Crippen LogP contribution in [-0.2, 0) is 4.79 Å². The fourth-order valence-corrected chi connectivity index (χ4v) is 6.57. The highest BCUT2D eigenvalue weighted by molar-refractivity contribution is 5.95. The molecule has 4 aliphatic rings. The lowest BCUT2D eigenvalue weighted by atomic mass is 9.53. The Labute approximate surface area is 190 Å². The average Bonchev–Trinajstić information content (AvgIpc) is 2.77. The van der Waals surface area contributed by atoms with Crippen molar-refractivity contribution in [3.63, 3.8) is 0 Å². The molecule has 4 bridgehead atoms. The van der Waals surface area contributed by atoms with E-state index in [0.29, 0.717) is 17.2 Å². The van der Waals surface area contributed by atoms with E-state index in [0.717, 1.165) is 29.1 Å². The van der Waals surface area contributed by atoms with Gasteiger partial charge in [0.25, 0.3) is 0 Å². The molecule has 0 unspecified atom stereocenters. The van der Waals surface area contributed by atoms with Gasteiger partial charge in [-0.2, -0.15) is 0 Å². The highest BCUT2D eigenvalue weighted by Crippen LogP contribution is 2.56. The van der Waals surface area contributed by atoms with Crippen molar-refractivity contribution in [2.24, 2.45) is 17.8 Å². The van der Waals surface area contributed by atoms with E-state index in [2.05, 4.69) is 28.1 Å². The lowest BCUT2D eigenvalue weighted by molar-refractivity contribution is -0.114. The van der Waals surface area contributed by atoms with Crippen molar-refractivity contribution in [1.82, 2.24) is 0 Å². The first-order valence-electron chi connectivity index (χ1n) is 11.7.